The Hall–Kier alpha value is 0.571. The minimum atomic E-state index is -1.13. The van der Waals surface area contributed by atoms with E-state index in [0.29, 0.717) is 6.17 Å². The topological polar surface area (TPSA) is 15.3 Å². The Balaban J connectivity index is 2.49. The molecular weight excluding hydrogens is 220 g/mol. The van der Waals surface area contributed by atoms with Crippen molar-refractivity contribution in [3.63, 3.8) is 0 Å². The first-order valence-corrected chi connectivity index (χ1v) is 12.4. The second-order valence-electron chi connectivity index (χ2n) is 4.97. The SMILES string of the molecule is C[Si](C)[Si](C)(C)NC1CCCCN1[Si]. The molecule has 0 spiro atoms. The fourth-order valence-corrected chi connectivity index (χ4v) is 4.91. The summed E-state index contributed by atoms with van der Waals surface area (Å²) in [6, 6.07) is 0. The van der Waals surface area contributed by atoms with Gasteiger partial charge in [-0.1, -0.05) is 26.2 Å². The first kappa shape index (κ1) is 12.6. The molecule has 0 aromatic heterocycles. The molecule has 1 aliphatic rings. The van der Waals surface area contributed by atoms with Crippen molar-refractivity contribution >= 4 is 26.5 Å². The van der Waals surface area contributed by atoms with Crippen LogP contribution in [0.3, 0.4) is 0 Å². The lowest BCUT2D eigenvalue weighted by Gasteiger charge is -2.40. The fourth-order valence-electron chi connectivity index (χ4n) is 1.64. The second kappa shape index (κ2) is 5.07. The monoisotopic (exact) mass is 242 g/mol. The summed E-state index contributed by atoms with van der Waals surface area (Å²) in [5, 5.41) is 0. The average Bonchev–Trinajstić information content (AvgIpc) is 2.08. The van der Waals surface area contributed by atoms with E-state index in [0.717, 1.165) is 0 Å². The number of nitrogens with zero attached hydrogens (tertiary/aromatic N) is 1. The molecule has 14 heavy (non-hydrogen) atoms. The summed E-state index contributed by atoms with van der Waals surface area (Å²) in [7, 11) is 2.43. The van der Waals surface area contributed by atoms with Gasteiger partial charge in [-0.3, -0.25) is 0 Å². The van der Waals surface area contributed by atoms with Gasteiger partial charge in [0.2, 0.25) is 0 Å². The molecule has 1 heterocycles. The predicted molar refractivity (Wildman–Crippen MR) is 68.2 cm³/mol. The highest BCUT2D eigenvalue weighted by Crippen LogP contribution is 2.15. The lowest BCUT2D eigenvalue weighted by molar-refractivity contribution is 0.248. The van der Waals surface area contributed by atoms with E-state index in [-0.39, 0.29) is 8.31 Å². The number of nitrogens with one attached hydrogen (secondary N) is 1. The van der Waals surface area contributed by atoms with Gasteiger partial charge in [-0.25, -0.2) is 0 Å². The third-order valence-corrected chi connectivity index (χ3v) is 15.3. The molecule has 1 aliphatic heterocycles. The van der Waals surface area contributed by atoms with Crippen LogP contribution in [0.5, 0.6) is 0 Å². The Bertz CT molecular complexity index is 185. The van der Waals surface area contributed by atoms with Gasteiger partial charge in [-0.15, -0.1) is 0 Å². The van der Waals surface area contributed by atoms with Crippen molar-refractivity contribution in [2.24, 2.45) is 0 Å². The maximum absolute atomic E-state index is 3.91. The van der Waals surface area contributed by atoms with Gasteiger partial charge in [-0.05, 0) is 25.8 Å². The van der Waals surface area contributed by atoms with Gasteiger partial charge in [-0.2, -0.15) is 0 Å². The van der Waals surface area contributed by atoms with E-state index in [9.17, 15) is 0 Å². The number of hydrogen-bond donors (Lipinski definition) is 1. The normalized spacial score (nSPS) is 25.7. The largest absolute Gasteiger partial charge is 0.326 e. The summed E-state index contributed by atoms with van der Waals surface area (Å²) < 4.78 is 2.31. The molecule has 1 unspecified atom stereocenters. The minimum absolute atomic E-state index is 0.153. The molecule has 1 fully saturated rings. The van der Waals surface area contributed by atoms with Gasteiger partial charge < -0.3 is 9.55 Å². The van der Waals surface area contributed by atoms with E-state index in [4.69, 9.17) is 0 Å². The van der Waals surface area contributed by atoms with Crippen molar-refractivity contribution in [2.45, 2.75) is 51.6 Å². The fraction of sp³-hybridized carbons (Fsp3) is 1.00. The van der Waals surface area contributed by atoms with Crippen LogP contribution in [-0.4, -0.2) is 43.7 Å². The first-order valence-electron chi connectivity index (χ1n) is 5.49. The number of hydrogen-bond acceptors (Lipinski definition) is 2. The molecule has 1 N–H and O–H groups in total. The summed E-state index contributed by atoms with van der Waals surface area (Å²) in [6.07, 6.45) is 4.59. The van der Waals surface area contributed by atoms with Gasteiger partial charge >= 0.3 is 0 Å². The van der Waals surface area contributed by atoms with Crippen LogP contribution in [-0.2, 0) is 0 Å². The lowest BCUT2D eigenvalue weighted by Crippen LogP contribution is -2.63. The molecule has 1 saturated heterocycles. The highest BCUT2D eigenvalue weighted by atomic mass is 29.2. The molecule has 2 nitrogen and oxygen atoms in total. The van der Waals surface area contributed by atoms with Crippen LogP contribution in [0.1, 0.15) is 19.3 Å². The molecule has 0 aliphatic carbocycles. The Morgan fingerprint density at radius 3 is 2.50 bits per heavy atom. The molecule has 1 atom stereocenters. The average molecular weight is 243 g/mol. The highest BCUT2D eigenvalue weighted by molar-refractivity contribution is 7.30. The van der Waals surface area contributed by atoms with Gasteiger partial charge in [0.15, 0.2) is 0 Å². The van der Waals surface area contributed by atoms with E-state index in [1.165, 1.54) is 25.8 Å². The van der Waals surface area contributed by atoms with Crippen molar-refractivity contribution in [3.05, 3.63) is 0 Å². The van der Waals surface area contributed by atoms with Crippen LogP contribution in [0, 0.1) is 0 Å². The summed E-state index contributed by atoms with van der Waals surface area (Å²) in [6.45, 7) is 11.0. The van der Waals surface area contributed by atoms with Crippen LogP contribution >= 0.6 is 0 Å². The minimum Gasteiger partial charge on any atom is -0.326 e. The van der Waals surface area contributed by atoms with Gasteiger partial charge in [0.1, 0.15) is 18.2 Å². The van der Waals surface area contributed by atoms with Crippen LogP contribution in [0.2, 0.25) is 26.2 Å². The standard InChI is InChI=1S/C9H22N2Si3/c1-13(2)14(3,4)10-9-7-5-6-8-11(9)12/h9-10H,5-8H2,1-4H3. The van der Waals surface area contributed by atoms with E-state index in [2.05, 4.69) is 46.1 Å². The quantitative estimate of drug-likeness (QED) is 0.755. The zero-order valence-corrected chi connectivity index (χ0v) is 12.9. The summed E-state index contributed by atoms with van der Waals surface area (Å²) in [5.41, 5.74) is 0. The summed E-state index contributed by atoms with van der Waals surface area (Å²) in [4.78, 5) is 3.91. The predicted octanol–water partition coefficient (Wildman–Crippen LogP) is 1.51. The van der Waals surface area contributed by atoms with Crippen LogP contribution in [0.25, 0.3) is 0 Å². The molecular formula is C9H22N2Si3. The van der Waals surface area contributed by atoms with E-state index >= 15 is 0 Å². The van der Waals surface area contributed by atoms with Gasteiger partial charge in [0.05, 0.1) is 8.31 Å². The van der Waals surface area contributed by atoms with E-state index in [1.54, 1.807) is 0 Å². The highest BCUT2D eigenvalue weighted by Gasteiger charge is 2.31. The zero-order chi connectivity index (χ0) is 10.8. The molecule has 0 aromatic rings. The maximum Gasteiger partial charge on any atom is 0.145 e. The van der Waals surface area contributed by atoms with Gasteiger partial charge in [0, 0.05) is 6.17 Å². The Morgan fingerprint density at radius 1 is 1.36 bits per heavy atom. The number of piperidine rings is 1. The Labute approximate surface area is 94.4 Å². The van der Waals surface area contributed by atoms with Crippen molar-refractivity contribution in [1.82, 2.24) is 9.55 Å². The van der Waals surface area contributed by atoms with Crippen molar-refractivity contribution < 1.29 is 0 Å². The lowest BCUT2D eigenvalue weighted by atomic mass is 10.1. The molecule has 0 amide bonds. The van der Waals surface area contributed by atoms with Gasteiger partial charge in [0.25, 0.3) is 0 Å². The molecule has 0 bridgehead atoms. The molecule has 80 valence electrons. The van der Waals surface area contributed by atoms with Crippen LogP contribution in [0.15, 0.2) is 0 Å². The number of rotatable bonds is 3. The van der Waals surface area contributed by atoms with Crippen molar-refractivity contribution in [1.29, 1.82) is 0 Å². The molecule has 5 heteroatoms. The van der Waals surface area contributed by atoms with E-state index in [1.807, 2.05) is 0 Å². The molecule has 0 aromatic carbocycles. The van der Waals surface area contributed by atoms with Crippen molar-refractivity contribution in [3.8, 4) is 0 Å². The summed E-state index contributed by atoms with van der Waals surface area (Å²) >= 11 is 0. The van der Waals surface area contributed by atoms with Crippen LogP contribution in [0.4, 0.5) is 0 Å². The second-order valence-corrected chi connectivity index (χ2v) is 17.8. The van der Waals surface area contributed by atoms with Crippen LogP contribution < -0.4 is 4.98 Å². The third-order valence-electron chi connectivity index (χ3n) is 3.28. The molecule has 1 rings (SSSR count). The molecule has 0 saturated carbocycles. The molecule has 4 radical (unpaired) electrons. The Morgan fingerprint density at radius 2 is 2.00 bits per heavy atom. The summed E-state index contributed by atoms with van der Waals surface area (Å²) in [5.74, 6) is 0. The Kier molecular flexibility index (Phi) is 4.58. The third kappa shape index (κ3) is 3.30. The smallest absolute Gasteiger partial charge is 0.145 e. The van der Waals surface area contributed by atoms with E-state index < -0.39 is 7.75 Å². The first-order chi connectivity index (χ1) is 6.43. The zero-order valence-electron chi connectivity index (χ0n) is 9.85. The van der Waals surface area contributed by atoms with Crippen molar-refractivity contribution in [2.75, 3.05) is 6.54 Å². The maximum atomic E-state index is 3.91.